The van der Waals surface area contributed by atoms with E-state index in [1.54, 1.807) is 31.2 Å². The van der Waals surface area contributed by atoms with Crippen LogP contribution in [0.1, 0.15) is 17.3 Å². The molecule has 1 saturated heterocycles. The molecule has 1 heterocycles. The van der Waals surface area contributed by atoms with E-state index in [2.05, 4.69) is 15.1 Å². The normalized spacial score (nSPS) is 14.2. The summed E-state index contributed by atoms with van der Waals surface area (Å²) in [5.41, 5.74) is 2.12. The van der Waals surface area contributed by atoms with Crippen molar-refractivity contribution in [3.8, 4) is 0 Å². The number of benzene rings is 2. The summed E-state index contributed by atoms with van der Waals surface area (Å²) in [5.74, 6) is -0.474. The van der Waals surface area contributed by atoms with Crippen LogP contribution in [0.3, 0.4) is 0 Å². The molecule has 30 heavy (non-hydrogen) atoms. The zero-order valence-electron chi connectivity index (χ0n) is 17.4. The first kappa shape index (κ1) is 21.8. The molecule has 160 valence electrons. The predicted molar refractivity (Wildman–Crippen MR) is 117 cm³/mol. The topological polar surface area (TPSA) is 71.1 Å². The minimum atomic E-state index is -0.367. The van der Waals surface area contributed by atoms with Crippen LogP contribution < -0.4 is 10.2 Å². The quantitative estimate of drug-likeness (QED) is 0.640. The molecular formula is C23H29N3O4. The lowest BCUT2D eigenvalue weighted by atomic mass is 10.2. The van der Waals surface area contributed by atoms with Crippen LogP contribution in [0.15, 0.2) is 54.6 Å². The van der Waals surface area contributed by atoms with Crippen LogP contribution in [-0.4, -0.2) is 69.3 Å². The van der Waals surface area contributed by atoms with E-state index < -0.39 is 0 Å². The first-order chi connectivity index (χ1) is 14.7. The van der Waals surface area contributed by atoms with Crippen LogP contribution in [-0.2, 0) is 14.3 Å². The van der Waals surface area contributed by atoms with Gasteiger partial charge < -0.3 is 19.7 Å². The highest BCUT2D eigenvalue weighted by molar-refractivity contribution is 5.95. The molecule has 0 spiro atoms. The molecule has 1 N–H and O–H groups in total. The van der Waals surface area contributed by atoms with Crippen molar-refractivity contribution in [3.63, 3.8) is 0 Å². The summed E-state index contributed by atoms with van der Waals surface area (Å²) in [6, 6.07) is 16.7. The smallest absolute Gasteiger partial charge is 0.338 e. The molecule has 7 nitrogen and oxygen atoms in total. The average molecular weight is 412 g/mol. The Morgan fingerprint density at radius 3 is 2.43 bits per heavy atom. The summed E-state index contributed by atoms with van der Waals surface area (Å²) >= 11 is 0. The Morgan fingerprint density at radius 1 is 1.07 bits per heavy atom. The fourth-order valence-corrected chi connectivity index (χ4v) is 3.30. The number of amides is 1. The standard InChI is InChI=1S/C23H29N3O4/c1-2-30-23(28)19-8-10-20(11-9-19)24-22(27)18-26(21-6-4-3-5-7-21)13-12-25-14-16-29-17-15-25/h3-11H,2,12-18H2,1H3,(H,24,27). The number of carbonyl (C=O) groups is 2. The molecule has 0 aliphatic carbocycles. The average Bonchev–Trinajstić information content (AvgIpc) is 2.78. The lowest BCUT2D eigenvalue weighted by Crippen LogP contribution is -2.43. The molecule has 2 aromatic rings. The monoisotopic (exact) mass is 411 g/mol. The van der Waals surface area contributed by atoms with E-state index in [1.165, 1.54) is 0 Å². The van der Waals surface area contributed by atoms with Gasteiger partial charge in [-0.3, -0.25) is 9.69 Å². The number of para-hydroxylation sites is 1. The molecule has 0 aromatic heterocycles. The molecule has 2 aromatic carbocycles. The SMILES string of the molecule is CCOC(=O)c1ccc(NC(=O)CN(CCN2CCOCC2)c2ccccc2)cc1. The second-order valence-corrected chi connectivity index (χ2v) is 7.06. The van der Waals surface area contributed by atoms with Gasteiger partial charge in [-0.15, -0.1) is 0 Å². The maximum absolute atomic E-state index is 12.7. The van der Waals surface area contributed by atoms with Gasteiger partial charge in [0.15, 0.2) is 0 Å². The Labute approximate surface area is 177 Å². The molecular weight excluding hydrogens is 382 g/mol. The van der Waals surface area contributed by atoms with Gasteiger partial charge in [-0.05, 0) is 43.3 Å². The highest BCUT2D eigenvalue weighted by Crippen LogP contribution is 2.15. The zero-order chi connectivity index (χ0) is 21.2. The highest BCUT2D eigenvalue weighted by Gasteiger charge is 2.16. The van der Waals surface area contributed by atoms with Crippen LogP contribution in [0.2, 0.25) is 0 Å². The predicted octanol–water partition coefficient (Wildman–Crippen LogP) is 2.64. The summed E-state index contributed by atoms with van der Waals surface area (Å²) in [7, 11) is 0. The molecule has 0 bridgehead atoms. The summed E-state index contributed by atoms with van der Waals surface area (Å²) in [6.07, 6.45) is 0. The zero-order valence-corrected chi connectivity index (χ0v) is 17.4. The molecule has 3 rings (SSSR count). The number of nitrogens with zero attached hydrogens (tertiary/aromatic N) is 2. The van der Waals surface area contributed by atoms with E-state index in [0.717, 1.165) is 45.1 Å². The largest absolute Gasteiger partial charge is 0.462 e. The van der Waals surface area contributed by atoms with E-state index in [1.807, 2.05) is 30.3 Å². The number of hydrogen-bond acceptors (Lipinski definition) is 6. The number of ether oxygens (including phenoxy) is 2. The lowest BCUT2D eigenvalue weighted by Gasteiger charge is -2.31. The van der Waals surface area contributed by atoms with Gasteiger partial charge in [-0.2, -0.15) is 0 Å². The Morgan fingerprint density at radius 2 is 1.77 bits per heavy atom. The van der Waals surface area contributed by atoms with Gasteiger partial charge in [0.25, 0.3) is 0 Å². The summed E-state index contributed by atoms with van der Waals surface area (Å²) < 4.78 is 10.4. The summed E-state index contributed by atoms with van der Waals surface area (Å²) in [5, 5.41) is 2.91. The molecule has 0 unspecified atom stereocenters. The van der Waals surface area contributed by atoms with Crippen molar-refractivity contribution < 1.29 is 19.1 Å². The molecule has 1 aliphatic heterocycles. The van der Waals surface area contributed by atoms with Crippen LogP contribution in [0.4, 0.5) is 11.4 Å². The van der Waals surface area contributed by atoms with Crippen molar-refractivity contribution in [3.05, 3.63) is 60.2 Å². The fraction of sp³-hybridized carbons (Fsp3) is 0.391. The van der Waals surface area contributed by atoms with Crippen LogP contribution in [0, 0.1) is 0 Å². The Kier molecular flexibility index (Phi) is 8.23. The van der Waals surface area contributed by atoms with Crippen molar-refractivity contribution in [2.24, 2.45) is 0 Å². The third kappa shape index (κ3) is 6.57. The third-order valence-electron chi connectivity index (χ3n) is 4.93. The van der Waals surface area contributed by atoms with E-state index in [0.29, 0.717) is 17.9 Å². The second-order valence-electron chi connectivity index (χ2n) is 7.06. The molecule has 0 radical (unpaired) electrons. The van der Waals surface area contributed by atoms with E-state index in [9.17, 15) is 9.59 Å². The molecule has 0 atom stereocenters. The molecule has 0 saturated carbocycles. The maximum Gasteiger partial charge on any atom is 0.338 e. The van der Waals surface area contributed by atoms with Gasteiger partial charge in [0.1, 0.15) is 0 Å². The van der Waals surface area contributed by atoms with Gasteiger partial charge in [-0.1, -0.05) is 18.2 Å². The van der Waals surface area contributed by atoms with Gasteiger partial charge in [0.2, 0.25) is 5.91 Å². The van der Waals surface area contributed by atoms with Gasteiger partial charge in [0, 0.05) is 37.6 Å². The van der Waals surface area contributed by atoms with Crippen molar-refractivity contribution in [1.29, 1.82) is 0 Å². The number of morpholine rings is 1. The number of carbonyl (C=O) groups excluding carboxylic acids is 2. The first-order valence-corrected chi connectivity index (χ1v) is 10.3. The van der Waals surface area contributed by atoms with Crippen LogP contribution >= 0.6 is 0 Å². The van der Waals surface area contributed by atoms with Crippen molar-refractivity contribution in [2.45, 2.75) is 6.92 Å². The summed E-state index contributed by atoms with van der Waals surface area (Å²) in [6.45, 7) is 7.32. The molecule has 7 heteroatoms. The minimum Gasteiger partial charge on any atom is -0.462 e. The number of nitrogens with one attached hydrogen (secondary N) is 1. The van der Waals surface area contributed by atoms with Gasteiger partial charge in [-0.25, -0.2) is 4.79 Å². The lowest BCUT2D eigenvalue weighted by molar-refractivity contribution is -0.115. The van der Waals surface area contributed by atoms with Crippen molar-refractivity contribution in [1.82, 2.24) is 4.90 Å². The Bertz CT molecular complexity index is 805. The summed E-state index contributed by atoms with van der Waals surface area (Å²) in [4.78, 5) is 28.9. The fourth-order valence-electron chi connectivity index (χ4n) is 3.30. The maximum atomic E-state index is 12.7. The van der Waals surface area contributed by atoms with E-state index >= 15 is 0 Å². The number of rotatable bonds is 9. The number of esters is 1. The van der Waals surface area contributed by atoms with E-state index in [4.69, 9.17) is 9.47 Å². The van der Waals surface area contributed by atoms with E-state index in [-0.39, 0.29) is 18.4 Å². The van der Waals surface area contributed by atoms with Crippen molar-refractivity contribution >= 4 is 23.3 Å². The Hall–Kier alpha value is -2.90. The first-order valence-electron chi connectivity index (χ1n) is 10.3. The third-order valence-corrected chi connectivity index (χ3v) is 4.93. The van der Waals surface area contributed by atoms with Crippen LogP contribution in [0.5, 0.6) is 0 Å². The second kappa shape index (κ2) is 11.3. The van der Waals surface area contributed by atoms with Crippen molar-refractivity contribution in [2.75, 3.05) is 62.8 Å². The van der Waals surface area contributed by atoms with Crippen LogP contribution in [0.25, 0.3) is 0 Å². The Balaban J connectivity index is 1.59. The molecule has 1 fully saturated rings. The molecule has 1 aliphatic rings. The number of anilines is 2. The van der Waals surface area contributed by atoms with Gasteiger partial charge in [0.05, 0.1) is 31.9 Å². The number of hydrogen-bond donors (Lipinski definition) is 1. The minimum absolute atomic E-state index is 0.107. The van der Waals surface area contributed by atoms with Gasteiger partial charge >= 0.3 is 5.97 Å². The molecule has 1 amide bonds. The highest BCUT2D eigenvalue weighted by atomic mass is 16.5.